The van der Waals surface area contributed by atoms with Crippen LogP contribution in [-0.2, 0) is 21.5 Å². The number of hydrogen-bond donors (Lipinski definition) is 0. The Hall–Kier alpha value is -2.76. The van der Waals surface area contributed by atoms with Gasteiger partial charge in [-0.05, 0) is 30.9 Å². The Morgan fingerprint density at radius 1 is 0.947 bits per heavy atom. The third-order valence-corrected chi connectivity index (χ3v) is 10.0. The summed E-state index contributed by atoms with van der Waals surface area (Å²) in [4.78, 5) is 16.0. The highest BCUT2D eigenvalue weighted by atomic mass is 32.2. The average molecular weight is 583 g/mol. The van der Waals surface area contributed by atoms with Gasteiger partial charge in [-0.25, -0.2) is 13.2 Å². The molecule has 2 aliphatic heterocycles. The summed E-state index contributed by atoms with van der Waals surface area (Å²) in [7, 11) is -2.23. The van der Waals surface area contributed by atoms with E-state index in [1.165, 1.54) is 12.1 Å². The van der Waals surface area contributed by atoms with E-state index in [9.17, 15) is 17.8 Å². The van der Waals surface area contributed by atoms with Crippen LogP contribution in [0.5, 0.6) is 0 Å². The second-order valence-electron chi connectivity index (χ2n) is 8.40. The van der Waals surface area contributed by atoms with Gasteiger partial charge in [-0.2, -0.15) is 0 Å². The lowest BCUT2D eigenvalue weighted by Crippen LogP contribution is -2.21. The minimum absolute atomic E-state index is 0.0882. The number of carbonyl (C=O) groups excluding carboxylic acids is 1. The number of carbonyl (C=O) groups is 1. The van der Waals surface area contributed by atoms with Crippen LogP contribution in [0.3, 0.4) is 0 Å². The van der Waals surface area contributed by atoms with Gasteiger partial charge in [0.15, 0.2) is 11.4 Å². The van der Waals surface area contributed by atoms with Crippen molar-refractivity contribution in [2.75, 3.05) is 13.3 Å². The van der Waals surface area contributed by atoms with Crippen molar-refractivity contribution < 1.29 is 22.3 Å². The van der Waals surface area contributed by atoms with Gasteiger partial charge in [0.25, 0.3) is 4.38 Å². The maximum Gasteiger partial charge on any atom is 0.430 e. The van der Waals surface area contributed by atoms with Gasteiger partial charge in [-0.3, -0.25) is 0 Å². The first kappa shape index (κ1) is 28.3. The molecule has 0 saturated heterocycles. The zero-order chi connectivity index (χ0) is 27.3. The molecule has 0 spiro atoms. The first-order chi connectivity index (χ1) is 18.2. The lowest BCUT2D eigenvalue weighted by molar-refractivity contribution is -0.453. The molecule has 2 heterocycles. The van der Waals surface area contributed by atoms with Crippen molar-refractivity contribution >= 4 is 61.4 Å². The van der Waals surface area contributed by atoms with Gasteiger partial charge in [0.1, 0.15) is 15.1 Å². The molecule has 0 saturated carbocycles. The van der Waals surface area contributed by atoms with E-state index in [0.29, 0.717) is 6.54 Å². The Labute approximate surface area is 236 Å². The lowest BCUT2D eigenvalue weighted by atomic mass is 10.1. The minimum atomic E-state index is -4.27. The van der Waals surface area contributed by atoms with Gasteiger partial charge in [0.05, 0.1) is 10.6 Å². The van der Waals surface area contributed by atoms with E-state index in [1.54, 1.807) is 47.4 Å². The van der Waals surface area contributed by atoms with E-state index in [-0.39, 0.29) is 10.8 Å². The summed E-state index contributed by atoms with van der Waals surface area (Å²) in [6.07, 6.45) is 2.03. The van der Waals surface area contributed by atoms with Gasteiger partial charge in [0.2, 0.25) is 0 Å². The molecule has 0 aromatic heterocycles. The quantitative estimate of drug-likeness (QED) is 0.213. The molecule has 6 nitrogen and oxygen atoms in total. The second kappa shape index (κ2) is 12.4. The van der Waals surface area contributed by atoms with E-state index >= 15 is 0 Å². The molecule has 2 aliphatic rings. The second-order valence-corrected chi connectivity index (χ2v) is 12.7. The molecule has 0 N–H and O–H groups in total. The third-order valence-electron chi connectivity index (χ3n) is 5.73. The van der Waals surface area contributed by atoms with Crippen LogP contribution in [-0.4, -0.2) is 46.0 Å². The zero-order valence-electron chi connectivity index (χ0n) is 21.0. The number of amides is 1. The standard InChI is InChI=1S/C21H19N2OS3.C7H8O3S/c1-22-17(16-11-7-4-8-12-16)14-26-20(22)18-19(24)23(21(25-2)27-18)13-15-9-5-3-6-10-15;1-6-2-4-7(5-3-6)11(8,9)10/h3-12,14H,13H2,1-2H3;2-5H,1H3,(H,8,9,10)/q+1;/p-1. The fourth-order valence-electron chi connectivity index (χ4n) is 3.74. The molecule has 5 rings (SSSR count). The van der Waals surface area contributed by atoms with Crippen LogP contribution in [0.4, 0.5) is 0 Å². The fourth-order valence-corrected chi connectivity index (χ4v) is 7.25. The predicted octanol–water partition coefficient (Wildman–Crippen LogP) is 5.94. The Morgan fingerprint density at radius 2 is 1.55 bits per heavy atom. The molecule has 10 heteroatoms. The Morgan fingerprint density at radius 3 is 2.13 bits per heavy atom. The summed E-state index contributed by atoms with van der Waals surface area (Å²) in [6, 6.07) is 26.2. The number of thioether (sulfide) groups is 3. The highest BCUT2D eigenvalue weighted by Crippen LogP contribution is 2.45. The van der Waals surface area contributed by atoms with Gasteiger partial charge >= 0.3 is 5.91 Å². The van der Waals surface area contributed by atoms with E-state index in [0.717, 1.165) is 36.7 Å². The predicted molar refractivity (Wildman–Crippen MR) is 157 cm³/mol. The Kier molecular flexibility index (Phi) is 9.22. The van der Waals surface area contributed by atoms with Gasteiger partial charge in [-0.1, -0.05) is 102 Å². The molecule has 0 bridgehead atoms. The van der Waals surface area contributed by atoms with Crippen LogP contribution in [0.15, 0.2) is 105 Å². The lowest BCUT2D eigenvalue weighted by Gasteiger charge is -2.18. The summed E-state index contributed by atoms with van der Waals surface area (Å²) in [6.45, 7) is 2.42. The molecule has 0 aliphatic carbocycles. The van der Waals surface area contributed by atoms with Crippen molar-refractivity contribution in [2.45, 2.75) is 18.4 Å². The number of nitrogens with zero attached hydrogens (tertiary/aromatic N) is 2. The Balaban J connectivity index is 0.000000257. The van der Waals surface area contributed by atoms with E-state index in [2.05, 4.69) is 34.6 Å². The Bertz CT molecular complexity index is 1520. The topological polar surface area (TPSA) is 80.5 Å². The molecule has 0 radical (unpaired) electrons. The summed E-state index contributed by atoms with van der Waals surface area (Å²) < 4.78 is 34.1. The maximum absolute atomic E-state index is 13.2. The SMILES string of the molecule is CSC1=[N+](Cc2ccccc2)C(=O)C(=C2SC=C(c3ccccc3)N2C)S1.Cc1ccc(S(=O)(=O)[O-])cc1. The first-order valence-corrected chi connectivity index (χ1v) is 15.9. The summed E-state index contributed by atoms with van der Waals surface area (Å²) in [5.41, 5.74) is 4.36. The fraction of sp³-hybridized carbons (Fsp3) is 0.143. The summed E-state index contributed by atoms with van der Waals surface area (Å²) in [5.74, 6) is 0.0882. The molecule has 0 atom stereocenters. The highest BCUT2D eigenvalue weighted by Gasteiger charge is 2.42. The summed E-state index contributed by atoms with van der Waals surface area (Å²) >= 11 is 4.84. The van der Waals surface area contributed by atoms with Crippen molar-refractivity contribution in [2.24, 2.45) is 0 Å². The van der Waals surface area contributed by atoms with E-state index < -0.39 is 10.1 Å². The van der Waals surface area contributed by atoms with Crippen molar-refractivity contribution in [3.63, 3.8) is 0 Å². The van der Waals surface area contributed by atoms with Crippen molar-refractivity contribution in [1.82, 2.24) is 4.90 Å². The van der Waals surface area contributed by atoms with Crippen molar-refractivity contribution in [3.05, 3.63) is 117 Å². The molecule has 196 valence electrons. The molecule has 3 aromatic carbocycles. The normalized spacial score (nSPS) is 17.4. The highest BCUT2D eigenvalue weighted by molar-refractivity contribution is 8.40. The van der Waals surface area contributed by atoms with Gasteiger partial charge in [0, 0.05) is 29.8 Å². The zero-order valence-corrected chi connectivity index (χ0v) is 24.3. The largest absolute Gasteiger partial charge is 0.744 e. The average Bonchev–Trinajstić information content (AvgIpc) is 3.44. The van der Waals surface area contributed by atoms with Crippen LogP contribution in [0, 0.1) is 6.92 Å². The third kappa shape index (κ3) is 6.62. The van der Waals surface area contributed by atoms with E-state index in [4.69, 9.17) is 0 Å². The van der Waals surface area contributed by atoms with Gasteiger partial charge in [-0.15, -0.1) is 4.58 Å². The molecule has 1 amide bonds. The number of hydrogen-bond acceptors (Lipinski definition) is 8. The van der Waals surface area contributed by atoms with Crippen molar-refractivity contribution in [3.8, 4) is 0 Å². The van der Waals surface area contributed by atoms with Crippen LogP contribution >= 0.6 is 35.3 Å². The van der Waals surface area contributed by atoms with Crippen LogP contribution < -0.4 is 0 Å². The van der Waals surface area contributed by atoms with Crippen LogP contribution in [0.2, 0.25) is 0 Å². The summed E-state index contributed by atoms with van der Waals surface area (Å²) in [5, 5.41) is 3.13. The molecular formula is C28H26N2O4S4. The molecule has 0 unspecified atom stereocenters. The molecule has 38 heavy (non-hydrogen) atoms. The van der Waals surface area contributed by atoms with Crippen LogP contribution in [0.1, 0.15) is 16.7 Å². The molecule has 0 fully saturated rings. The first-order valence-electron chi connectivity index (χ1n) is 11.6. The monoisotopic (exact) mass is 582 g/mol. The minimum Gasteiger partial charge on any atom is -0.744 e. The molecule has 3 aromatic rings. The number of benzene rings is 3. The van der Waals surface area contributed by atoms with Gasteiger partial charge < -0.3 is 9.45 Å². The maximum atomic E-state index is 13.2. The van der Waals surface area contributed by atoms with Crippen molar-refractivity contribution in [1.29, 1.82) is 0 Å². The van der Waals surface area contributed by atoms with E-state index in [1.807, 2.05) is 61.2 Å². The number of rotatable bonds is 4. The number of aryl methyl sites for hydroxylation is 1. The van der Waals surface area contributed by atoms with Crippen LogP contribution in [0.25, 0.3) is 5.70 Å². The smallest absolute Gasteiger partial charge is 0.430 e. The molecular weight excluding hydrogens is 557 g/mol.